The molecule has 1 aromatic heterocycles. The van der Waals surface area contributed by atoms with E-state index in [2.05, 4.69) is 15.6 Å². The number of halogens is 1. The Balaban J connectivity index is 1.57. The van der Waals surface area contributed by atoms with Crippen LogP contribution in [0.3, 0.4) is 0 Å². The van der Waals surface area contributed by atoms with Crippen LogP contribution in [-0.2, 0) is 16.1 Å². The van der Waals surface area contributed by atoms with Crippen molar-refractivity contribution < 1.29 is 24.2 Å². The fraction of sp³-hybridized carbons (Fsp3) is 0.286. The average molecular weight is 518 g/mol. The van der Waals surface area contributed by atoms with E-state index in [0.717, 1.165) is 32.1 Å². The number of para-hydroxylation sites is 1. The Labute approximate surface area is 218 Å². The van der Waals surface area contributed by atoms with Crippen LogP contribution >= 0.6 is 0 Å². The van der Waals surface area contributed by atoms with Crippen molar-refractivity contribution in [1.29, 1.82) is 0 Å². The number of carbonyl (C=O) groups is 2. The summed E-state index contributed by atoms with van der Waals surface area (Å²) in [7, 11) is 0. The Hall–Kier alpha value is -4.47. The third-order valence-electron chi connectivity index (χ3n) is 6.85. The van der Waals surface area contributed by atoms with Crippen molar-refractivity contribution in [2.24, 2.45) is 0 Å². The molecule has 1 aliphatic carbocycles. The molecule has 1 saturated carbocycles. The number of nitrogens with zero attached hydrogens (tertiary/aromatic N) is 4. The third-order valence-corrected chi connectivity index (χ3v) is 6.85. The van der Waals surface area contributed by atoms with Gasteiger partial charge in [-0.3, -0.25) is 14.5 Å². The fourth-order valence-electron chi connectivity index (χ4n) is 4.93. The van der Waals surface area contributed by atoms with Gasteiger partial charge in [0.25, 0.3) is 0 Å². The van der Waals surface area contributed by atoms with Gasteiger partial charge in [0.15, 0.2) is 11.5 Å². The summed E-state index contributed by atoms with van der Waals surface area (Å²) in [5, 5.41) is 31.4. The molecule has 1 fully saturated rings. The smallest absolute Gasteiger partial charge is 0.249 e. The van der Waals surface area contributed by atoms with Crippen LogP contribution in [-0.4, -0.2) is 43.1 Å². The molecule has 3 N–H and O–H groups in total. The van der Waals surface area contributed by atoms with Crippen LogP contribution in [0.1, 0.15) is 43.7 Å². The number of aromatic nitrogens is 3. The summed E-state index contributed by atoms with van der Waals surface area (Å²) in [5.41, 5.74) is 1.83. The van der Waals surface area contributed by atoms with E-state index in [1.165, 1.54) is 52.0 Å². The van der Waals surface area contributed by atoms with Crippen molar-refractivity contribution in [2.75, 3.05) is 4.90 Å². The molecule has 9 nitrogen and oxygen atoms in total. The third kappa shape index (κ3) is 5.29. The molecule has 196 valence electrons. The molecule has 0 bridgehead atoms. The second kappa shape index (κ2) is 10.9. The standard InChI is InChI=1S/C28H28FN5O4/c29-19-11-13-21(14-12-19)34(26(37)17-33-23-9-5-4-8-22(23)31-32-33)27(18-10-15-24(35)25(36)16-18)28(38)30-20-6-2-1-3-7-20/h4-5,8-16,20,27,35-36H,1-3,6-7,17H2,(H,30,38)/t27-/m0/s1. The molecule has 1 atom stereocenters. The summed E-state index contributed by atoms with van der Waals surface area (Å²) in [4.78, 5) is 29.1. The molecule has 1 heterocycles. The highest BCUT2D eigenvalue weighted by atomic mass is 19.1. The first kappa shape index (κ1) is 25.2. The monoisotopic (exact) mass is 517 g/mol. The number of benzene rings is 3. The molecule has 0 unspecified atom stereocenters. The molecule has 0 spiro atoms. The normalized spacial score (nSPS) is 14.8. The van der Waals surface area contributed by atoms with Crippen molar-refractivity contribution in [1.82, 2.24) is 20.3 Å². The van der Waals surface area contributed by atoms with Crippen LogP contribution in [0.4, 0.5) is 10.1 Å². The minimum absolute atomic E-state index is 0.0473. The topological polar surface area (TPSA) is 121 Å². The summed E-state index contributed by atoms with van der Waals surface area (Å²) in [5.74, 6) is -2.21. The first-order chi connectivity index (χ1) is 18.4. The van der Waals surface area contributed by atoms with E-state index in [0.29, 0.717) is 11.0 Å². The van der Waals surface area contributed by atoms with E-state index in [-0.39, 0.29) is 29.6 Å². The molecule has 3 aromatic carbocycles. The SMILES string of the molecule is O=C(NC1CCCCC1)[C@H](c1ccc(O)c(O)c1)N(C(=O)Cn1nnc2ccccc21)c1ccc(F)cc1. The number of phenols is 2. The average Bonchev–Trinajstić information content (AvgIpc) is 3.32. The predicted octanol–water partition coefficient (Wildman–Crippen LogP) is 4.21. The van der Waals surface area contributed by atoms with E-state index >= 15 is 0 Å². The molecule has 1 aliphatic rings. The Kier molecular flexibility index (Phi) is 7.21. The van der Waals surface area contributed by atoms with Gasteiger partial charge >= 0.3 is 0 Å². The largest absolute Gasteiger partial charge is 0.504 e. The number of carbonyl (C=O) groups excluding carboxylic acids is 2. The number of hydrogen-bond acceptors (Lipinski definition) is 6. The first-order valence-corrected chi connectivity index (χ1v) is 12.6. The summed E-state index contributed by atoms with van der Waals surface area (Å²) in [6.45, 7) is -0.241. The number of phenolic OH excluding ortho intramolecular Hbond substituents is 2. The van der Waals surface area contributed by atoms with Gasteiger partial charge in [-0.15, -0.1) is 5.10 Å². The Bertz CT molecular complexity index is 1450. The lowest BCUT2D eigenvalue weighted by atomic mass is 9.94. The molecule has 0 radical (unpaired) electrons. The lowest BCUT2D eigenvalue weighted by Crippen LogP contribution is -2.48. The number of fused-ring (bicyclic) bond motifs is 1. The molecule has 0 saturated heterocycles. The number of aromatic hydroxyl groups is 2. The molecule has 4 aromatic rings. The van der Waals surface area contributed by atoms with E-state index in [1.807, 2.05) is 12.1 Å². The van der Waals surface area contributed by atoms with E-state index < -0.39 is 29.4 Å². The van der Waals surface area contributed by atoms with Crippen LogP contribution in [0.5, 0.6) is 11.5 Å². The molecule has 0 aliphatic heterocycles. The van der Waals surface area contributed by atoms with Crippen LogP contribution in [0.15, 0.2) is 66.7 Å². The van der Waals surface area contributed by atoms with E-state index in [1.54, 1.807) is 12.1 Å². The van der Waals surface area contributed by atoms with Gasteiger partial charge in [-0.25, -0.2) is 9.07 Å². The zero-order chi connectivity index (χ0) is 26.6. The zero-order valence-corrected chi connectivity index (χ0v) is 20.6. The van der Waals surface area contributed by atoms with Crippen molar-refractivity contribution in [3.63, 3.8) is 0 Å². The second-order valence-electron chi connectivity index (χ2n) is 9.47. The lowest BCUT2D eigenvalue weighted by Gasteiger charge is -2.33. The van der Waals surface area contributed by atoms with Gasteiger partial charge in [0.1, 0.15) is 23.9 Å². The van der Waals surface area contributed by atoms with Gasteiger partial charge in [0.05, 0.1) is 5.52 Å². The Morgan fingerprint density at radius 1 is 1.00 bits per heavy atom. The second-order valence-corrected chi connectivity index (χ2v) is 9.47. The maximum atomic E-state index is 14.0. The predicted molar refractivity (Wildman–Crippen MR) is 139 cm³/mol. The Morgan fingerprint density at radius 3 is 2.47 bits per heavy atom. The van der Waals surface area contributed by atoms with Gasteiger partial charge in [-0.2, -0.15) is 0 Å². The Morgan fingerprint density at radius 2 is 1.74 bits per heavy atom. The highest BCUT2D eigenvalue weighted by Crippen LogP contribution is 2.34. The van der Waals surface area contributed by atoms with Gasteiger partial charge in [-0.05, 0) is 66.9 Å². The van der Waals surface area contributed by atoms with E-state index in [4.69, 9.17) is 0 Å². The number of hydrogen-bond donors (Lipinski definition) is 3. The summed E-state index contributed by atoms with van der Waals surface area (Å²) in [6, 6.07) is 15.2. The van der Waals surface area contributed by atoms with Gasteiger partial charge in [-0.1, -0.05) is 42.7 Å². The van der Waals surface area contributed by atoms with Crippen LogP contribution in [0, 0.1) is 5.82 Å². The number of nitrogens with one attached hydrogen (secondary N) is 1. The first-order valence-electron chi connectivity index (χ1n) is 12.6. The lowest BCUT2D eigenvalue weighted by molar-refractivity contribution is -0.127. The van der Waals surface area contributed by atoms with Gasteiger partial charge < -0.3 is 15.5 Å². The summed E-state index contributed by atoms with van der Waals surface area (Å²) in [6.07, 6.45) is 4.75. The summed E-state index contributed by atoms with van der Waals surface area (Å²) >= 11 is 0. The van der Waals surface area contributed by atoms with Crippen molar-refractivity contribution in [2.45, 2.75) is 50.7 Å². The highest BCUT2D eigenvalue weighted by molar-refractivity contribution is 6.01. The molecule has 5 rings (SSSR count). The van der Waals surface area contributed by atoms with E-state index in [9.17, 15) is 24.2 Å². The van der Waals surface area contributed by atoms with Gasteiger partial charge in [0.2, 0.25) is 11.8 Å². The molecule has 10 heteroatoms. The number of anilines is 1. The quantitative estimate of drug-likeness (QED) is 0.316. The van der Waals surface area contributed by atoms with Crippen LogP contribution in [0.2, 0.25) is 0 Å². The number of rotatable bonds is 7. The minimum Gasteiger partial charge on any atom is -0.504 e. The zero-order valence-electron chi connectivity index (χ0n) is 20.6. The van der Waals surface area contributed by atoms with Crippen LogP contribution < -0.4 is 10.2 Å². The molecule has 2 amide bonds. The maximum absolute atomic E-state index is 14.0. The minimum atomic E-state index is -1.21. The summed E-state index contributed by atoms with van der Waals surface area (Å²) < 4.78 is 15.3. The van der Waals surface area contributed by atoms with Crippen LogP contribution in [0.25, 0.3) is 11.0 Å². The van der Waals surface area contributed by atoms with Gasteiger partial charge in [0, 0.05) is 11.7 Å². The highest BCUT2D eigenvalue weighted by Gasteiger charge is 2.35. The molecular weight excluding hydrogens is 489 g/mol. The molecule has 38 heavy (non-hydrogen) atoms. The van der Waals surface area contributed by atoms with Crippen molar-refractivity contribution in [3.8, 4) is 11.5 Å². The molecular formula is C28H28FN5O4. The fourth-order valence-corrected chi connectivity index (χ4v) is 4.93. The number of amides is 2. The maximum Gasteiger partial charge on any atom is 0.249 e. The van der Waals surface area contributed by atoms with Crippen molar-refractivity contribution in [3.05, 3.63) is 78.1 Å². The van der Waals surface area contributed by atoms with Crippen molar-refractivity contribution >= 4 is 28.5 Å².